The molecule has 0 unspecified atom stereocenters. The van der Waals surface area contributed by atoms with Crippen LogP contribution in [0, 0.1) is 0 Å². The molecule has 0 bridgehead atoms. The molecule has 0 fully saturated rings. The van der Waals surface area contributed by atoms with Crippen molar-refractivity contribution < 1.29 is 4.74 Å². The molecule has 1 nitrogen and oxygen atoms in total. The summed E-state index contributed by atoms with van der Waals surface area (Å²) in [6, 6.07) is 0. The van der Waals surface area contributed by atoms with E-state index in [-0.39, 0.29) is 0 Å². The Morgan fingerprint density at radius 3 is 2.60 bits per heavy atom. The quantitative estimate of drug-likeness (QED) is 0.454. The van der Waals surface area contributed by atoms with Crippen LogP contribution in [-0.2, 0) is 4.74 Å². The Morgan fingerprint density at radius 2 is 2.20 bits per heavy atom. The molecule has 0 N–H and O–H groups in total. The summed E-state index contributed by atoms with van der Waals surface area (Å²) >= 11 is 5.69. The van der Waals surface area contributed by atoms with Crippen LogP contribution in [0.2, 0.25) is 0 Å². The first-order valence-corrected chi connectivity index (χ1v) is 3.29. The SMILES string of the molecule is C=C/C=C(Cl)\C=C(/C)OC. The molecule has 0 spiro atoms. The molecular weight excluding hydrogens is 148 g/mol. The molecule has 0 heterocycles. The fourth-order valence-electron chi connectivity index (χ4n) is 0.414. The zero-order valence-electron chi connectivity index (χ0n) is 6.23. The van der Waals surface area contributed by atoms with Gasteiger partial charge in [-0.05, 0) is 19.1 Å². The van der Waals surface area contributed by atoms with E-state index >= 15 is 0 Å². The molecule has 0 saturated carbocycles. The van der Waals surface area contributed by atoms with E-state index in [9.17, 15) is 0 Å². The molecule has 0 amide bonds. The molecule has 56 valence electrons. The summed E-state index contributed by atoms with van der Waals surface area (Å²) < 4.78 is 4.87. The van der Waals surface area contributed by atoms with Crippen molar-refractivity contribution in [1.29, 1.82) is 0 Å². The number of allylic oxidation sites excluding steroid dienone is 5. The molecular formula is C8H11ClO. The van der Waals surface area contributed by atoms with Crippen molar-refractivity contribution in [3.05, 3.63) is 35.6 Å². The second kappa shape index (κ2) is 5.12. The topological polar surface area (TPSA) is 9.23 Å². The first kappa shape index (κ1) is 9.31. The third-order valence-electron chi connectivity index (χ3n) is 0.940. The van der Waals surface area contributed by atoms with Crippen LogP contribution in [0.4, 0.5) is 0 Å². The van der Waals surface area contributed by atoms with Crippen molar-refractivity contribution in [2.24, 2.45) is 0 Å². The number of ether oxygens (including phenoxy) is 1. The summed E-state index contributed by atoms with van der Waals surface area (Å²) in [5.74, 6) is 0.781. The summed E-state index contributed by atoms with van der Waals surface area (Å²) in [7, 11) is 1.60. The second-order valence-corrected chi connectivity index (χ2v) is 2.18. The molecule has 0 rings (SSSR count). The summed E-state index contributed by atoms with van der Waals surface area (Å²) in [4.78, 5) is 0. The second-order valence-electron chi connectivity index (χ2n) is 1.75. The van der Waals surface area contributed by atoms with Gasteiger partial charge in [-0.3, -0.25) is 0 Å². The van der Waals surface area contributed by atoms with Crippen molar-refractivity contribution in [2.75, 3.05) is 7.11 Å². The van der Waals surface area contributed by atoms with Gasteiger partial charge in [0, 0.05) is 5.03 Å². The van der Waals surface area contributed by atoms with Crippen molar-refractivity contribution in [3.8, 4) is 0 Å². The average molecular weight is 159 g/mol. The van der Waals surface area contributed by atoms with Crippen LogP contribution in [0.3, 0.4) is 0 Å². The lowest BCUT2D eigenvalue weighted by Gasteiger charge is -1.95. The van der Waals surface area contributed by atoms with Gasteiger partial charge < -0.3 is 4.74 Å². The Kier molecular flexibility index (Phi) is 4.77. The normalized spacial score (nSPS) is 13.1. The minimum Gasteiger partial charge on any atom is -0.501 e. The highest BCUT2D eigenvalue weighted by Crippen LogP contribution is 2.06. The molecule has 10 heavy (non-hydrogen) atoms. The molecule has 0 saturated heterocycles. The highest BCUT2D eigenvalue weighted by molar-refractivity contribution is 6.31. The van der Waals surface area contributed by atoms with Crippen LogP contribution < -0.4 is 0 Å². The van der Waals surface area contributed by atoms with Gasteiger partial charge in [0.25, 0.3) is 0 Å². The molecule has 0 aromatic rings. The number of methoxy groups -OCH3 is 1. The van der Waals surface area contributed by atoms with Gasteiger partial charge >= 0.3 is 0 Å². The van der Waals surface area contributed by atoms with Crippen LogP contribution in [0.15, 0.2) is 35.6 Å². The van der Waals surface area contributed by atoms with E-state index in [2.05, 4.69) is 6.58 Å². The van der Waals surface area contributed by atoms with Crippen molar-refractivity contribution >= 4 is 11.6 Å². The highest BCUT2D eigenvalue weighted by atomic mass is 35.5. The smallest absolute Gasteiger partial charge is 0.0939 e. The van der Waals surface area contributed by atoms with Crippen LogP contribution >= 0.6 is 11.6 Å². The number of hydrogen-bond acceptors (Lipinski definition) is 1. The van der Waals surface area contributed by atoms with Gasteiger partial charge in [0.2, 0.25) is 0 Å². The van der Waals surface area contributed by atoms with E-state index in [1.54, 1.807) is 25.3 Å². The standard InChI is InChI=1S/C8H11ClO/c1-4-5-8(9)6-7(2)10-3/h4-6H,1H2,2-3H3/b7-6+,8-5+. The maximum absolute atomic E-state index is 5.69. The zero-order chi connectivity index (χ0) is 7.98. The lowest BCUT2D eigenvalue weighted by atomic mass is 10.4. The summed E-state index contributed by atoms with van der Waals surface area (Å²) in [5, 5.41) is 0.620. The molecule has 2 heteroatoms. The Bertz CT molecular complexity index is 168. The third kappa shape index (κ3) is 4.21. The summed E-state index contributed by atoms with van der Waals surface area (Å²) in [5.41, 5.74) is 0. The highest BCUT2D eigenvalue weighted by Gasteiger charge is 1.86. The largest absolute Gasteiger partial charge is 0.501 e. The predicted octanol–water partition coefficient (Wildman–Crippen LogP) is 2.85. The fraction of sp³-hybridized carbons (Fsp3) is 0.250. The van der Waals surface area contributed by atoms with Crippen LogP contribution in [0.5, 0.6) is 0 Å². The molecule has 0 aromatic heterocycles. The lowest BCUT2D eigenvalue weighted by Crippen LogP contribution is -1.77. The van der Waals surface area contributed by atoms with Gasteiger partial charge in [0.15, 0.2) is 0 Å². The third-order valence-corrected chi connectivity index (χ3v) is 1.18. The minimum atomic E-state index is 0.620. The Morgan fingerprint density at radius 1 is 1.60 bits per heavy atom. The first-order chi connectivity index (χ1) is 4.70. The van der Waals surface area contributed by atoms with Crippen LogP contribution in [-0.4, -0.2) is 7.11 Å². The van der Waals surface area contributed by atoms with Crippen LogP contribution in [0.25, 0.3) is 0 Å². The average Bonchev–Trinajstić information content (AvgIpc) is 1.88. The van der Waals surface area contributed by atoms with Gasteiger partial charge in [0.1, 0.15) is 0 Å². The maximum atomic E-state index is 5.69. The van der Waals surface area contributed by atoms with Crippen LogP contribution in [0.1, 0.15) is 6.92 Å². The molecule has 0 aliphatic rings. The summed E-state index contributed by atoms with van der Waals surface area (Å²) in [6.07, 6.45) is 5.05. The zero-order valence-corrected chi connectivity index (χ0v) is 6.98. The van der Waals surface area contributed by atoms with E-state index < -0.39 is 0 Å². The lowest BCUT2D eigenvalue weighted by molar-refractivity contribution is 0.293. The van der Waals surface area contributed by atoms with Gasteiger partial charge in [-0.2, -0.15) is 0 Å². The van der Waals surface area contributed by atoms with E-state index in [0.29, 0.717) is 5.03 Å². The molecule has 0 atom stereocenters. The van der Waals surface area contributed by atoms with E-state index in [1.165, 1.54) is 0 Å². The van der Waals surface area contributed by atoms with Gasteiger partial charge in [0.05, 0.1) is 12.9 Å². The Balaban J connectivity index is 4.11. The molecule has 0 radical (unpaired) electrons. The molecule has 0 aliphatic carbocycles. The van der Waals surface area contributed by atoms with Gasteiger partial charge in [-0.15, -0.1) is 0 Å². The Hall–Kier alpha value is -0.690. The Labute approximate surface area is 66.6 Å². The van der Waals surface area contributed by atoms with E-state index in [0.717, 1.165) is 5.76 Å². The predicted molar refractivity (Wildman–Crippen MR) is 44.9 cm³/mol. The van der Waals surface area contributed by atoms with E-state index in [4.69, 9.17) is 16.3 Å². The number of hydrogen-bond donors (Lipinski definition) is 0. The summed E-state index contributed by atoms with van der Waals surface area (Å²) in [6.45, 7) is 5.34. The first-order valence-electron chi connectivity index (χ1n) is 2.91. The van der Waals surface area contributed by atoms with Crippen molar-refractivity contribution in [1.82, 2.24) is 0 Å². The van der Waals surface area contributed by atoms with Crippen molar-refractivity contribution in [2.45, 2.75) is 6.92 Å². The minimum absolute atomic E-state index is 0.620. The maximum Gasteiger partial charge on any atom is 0.0939 e. The molecule has 0 aliphatic heterocycles. The number of halogens is 1. The van der Waals surface area contributed by atoms with E-state index in [1.807, 2.05) is 6.92 Å². The van der Waals surface area contributed by atoms with Gasteiger partial charge in [-0.25, -0.2) is 0 Å². The molecule has 0 aromatic carbocycles. The number of rotatable bonds is 3. The van der Waals surface area contributed by atoms with Gasteiger partial charge in [-0.1, -0.05) is 24.3 Å². The van der Waals surface area contributed by atoms with Crippen molar-refractivity contribution in [3.63, 3.8) is 0 Å². The monoisotopic (exact) mass is 158 g/mol. The fourth-order valence-corrected chi connectivity index (χ4v) is 0.657.